The van der Waals surface area contributed by atoms with Crippen LogP contribution in [-0.4, -0.2) is 23.0 Å². The quantitative estimate of drug-likeness (QED) is 0.719. The molecular formula is C19H18N2O4. The molecule has 0 bridgehead atoms. The van der Waals surface area contributed by atoms with Crippen molar-refractivity contribution in [1.82, 2.24) is 9.55 Å². The molecule has 0 aliphatic carbocycles. The first kappa shape index (κ1) is 14.6. The number of hydrogen-bond acceptors (Lipinski definition) is 5. The maximum atomic E-state index is 6.06. The number of nitrogens with zero attached hydrogens (tertiary/aromatic N) is 2. The summed E-state index contributed by atoms with van der Waals surface area (Å²) in [6.07, 6.45) is 7.02. The highest BCUT2D eigenvalue weighted by molar-refractivity contribution is 5.56. The average Bonchev–Trinajstić information content (AvgIpc) is 3.40. The number of benzene rings is 1. The Morgan fingerprint density at radius 2 is 2.00 bits per heavy atom. The molecule has 128 valence electrons. The van der Waals surface area contributed by atoms with E-state index in [9.17, 15) is 0 Å². The van der Waals surface area contributed by atoms with Gasteiger partial charge in [-0.05, 0) is 43.5 Å². The highest BCUT2D eigenvalue weighted by Crippen LogP contribution is 2.36. The molecule has 4 heterocycles. The molecule has 0 amide bonds. The Labute approximate surface area is 144 Å². The van der Waals surface area contributed by atoms with E-state index in [2.05, 4.69) is 4.98 Å². The number of fused-ring (bicyclic) bond motifs is 1. The Morgan fingerprint density at radius 3 is 2.92 bits per heavy atom. The van der Waals surface area contributed by atoms with Crippen LogP contribution in [0.1, 0.15) is 31.1 Å². The van der Waals surface area contributed by atoms with Crippen molar-refractivity contribution in [2.24, 2.45) is 0 Å². The summed E-state index contributed by atoms with van der Waals surface area (Å²) in [5.74, 6) is 3.86. The van der Waals surface area contributed by atoms with Gasteiger partial charge in [0.05, 0.1) is 5.69 Å². The molecule has 2 aliphatic heterocycles. The van der Waals surface area contributed by atoms with Crippen LogP contribution < -0.4 is 9.47 Å². The van der Waals surface area contributed by atoms with Gasteiger partial charge in [-0.1, -0.05) is 0 Å². The van der Waals surface area contributed by atoms with Gasteiger partial charge in [-0.2, -0.15) is 0 Å². The van der Waals surface area contributed by atoms with E-state index in [1.807, 2.05) is 41.1 Å². The molecule has 5 rings (SSSR count). The normalized spacial score (nSPS) is 19.3. The summed E-state index contributed by atoms with van der Waals surface area (Å²) in [5.41, 5.74) is 0.948. The molecule has 0 spiro atoms. The maximum Gasteiger partial charge on any atom is 0.231 e. The molecule has 1 aromatic carbocycles. The van der Waals surface area contributed by atoms with Crippen molar-refractivity contribution in [3.63, 3.8) is 0 Å². The topological polar surface area (TPSA) is 58.7 Å². The van der Waals surface area contributed by atoms with Gasteiger partial charge < -0.3 is 18.6 Å². The van der Waals surface area contributed by atoms with Gasteiger partial charge in [0.2, 0.25) is 6.79 Å². The lowest BCUT2D eigenvalue weighted by molar-refractivity contribution is 0.00219. The molecule has 1 saturated heterocycles. The highest BCUT2D eigenvalue weighted by atomic mass is 16.7. The second-order valence-electron chi connectivity index (χ2n) is 6.22. The molecule has 0 saturated carbocycles. The van der Waals surface area contributed by atoms with Crippen molar-refractivity contribution in [1.29, 1.82) is 0 Å². The van der Waals surface area contributed by atoms with Crippen molar-refractivity contribution < 1.29 is 18.6 Å². The number of furan rings is 1. The van der Waals surface area contributed by atoms with Crippen LogP contribution in [0.25, 0.3) is 17.3 Å². The van der Waals surface area contributed by atoms with Crippen LogP contribution in [0, 0.1) is 0 Å². The molecule has 1 unspecified atom stereocenters. The van der Waals surface area contributed by atoms with Gasteiger partial charge in [-0.3, -0.25) is 4.57 Å². The Balaban J connectivity index is 1.48. The highest BCUT2D eigenvalue weighted by Gasteiger charge is 2.22. The second kappa shape index (κ2) is 5.97. The van der Waals surface area contributed by atoms with Gasteiger partial charge in [0.25, 0.3) is 0 Å². The Kier molecular flexibility index (Phi) is 3.48. The van der Waals surface area contributed by atoms with Crippen LogP contribution in [-0.2, 0) is 4.74 Å². The van der Waals surface area contributed by atoms with Gasteiger partial charge in [0.15, 0.2) is 23.1 Å². The summed E-state index contributed by atoms with van der Waals surface area (Å²) in [7, 11) is 0. The van der Waals surface area contributed by atoms with Crippen LogP contribution in [0.3, 0.4) is 0 Å². The molecule has 25 heavy (non-hydrogen) atoms. The van der Waals surface area contributed by atoms with Crippen LogP contribution in [0.5, 0.6) is 11.5 Å². The Hall–Kier alpha value is -2.73. The predicted octanol–water partition coefficient (Wildman–Crippen LogP) is 4.10. The smallest absolute Gasteiger partial charge is 0.231 e. The summed E-state index contributed by atoms with van der Waals surface area (Å²) in [6, 6.07) is 9.78. The summed E-state index contributed by atoms with van der Waals surface area (Å²) in [5, 5.41) is 0. The molecule has 1 fully saturated rings. The van der Waals surface area contributed by atoms with Crippen LogP contribution in [0.15, 0.2) is 47.1 Å². The third-order valence-corrected chi connectivity index (χ3v) is 4.62. The summed E-state index contributed by atoms with van der Waals surface area (Å²) >= 11 is 0. The van der Waals surface area contributed by atoms with Crippen molar-refractivity contribution >= 4 is 0 Å². The van der Waals surface area contributed by atoms with Gasteiger partial charge in [0, 0.05) is 25.1 Å². The Morgan fingerprint density at radius 1 is 1.04 bits per heavy atom. The van der Waals surface area contributed by atoms with Crippen LogP contribution in [0.4, 0.5) is 0 Å². The van der Waals surface area contributed by atoms with Crippen molar-refractivity contribution in [2.75, 3.05) is 13.4 Å². The maximum absolute atomic E-state index is 6.06. The minimum absolute atomic E-state index is 0.0523. The monoisotopic (exact) mass is 338 g/mol. The van der Waals surface area contributed by atoms with Crippen molar-refractivity contribution in [2.45, 2.75) is 25.4 Å². The SMILES string of the molecule is c1cn(-c2ccc3c(c2)OCO3)c(-c2ccc(C3CCCCO3)o2)n1. The van der Waals surface area contributed by atoms with Crippen LogP contribution in [0.2, 0.25) is 0 Å². The standard InChI is InChI=1S/C19H18N2O4/c1-2-10-22-14(3-1)16-6-7-17(25-16)19-20-8-9-21(19)13-4-5-15-18(11-13)24-12-23-15/h4-9,11,14H,1-3,10,12H2. The first-order chi connectivity index (χ1) is 12.4. The van der Waals surface area contributed by atoms with E-state index in [1.54, 1.807) is 6.20 Å². The number of ether oxygens (including phenoxy) is 3. The minimum Gasteiger partial charge on any atom is -0.455 e. The number of imidazole rings is 1. The third kappa shape index (κ3) is 2.59. The molecule has 0 radical (unpaired) electrons. The fourth-order valence-electron chi connectivity index (χ4n) is 3.34. The van der Waals surface area contributed by atoms with Gasteiger partial charge >= 0.3 is 0 Å². The van der Waals surface area contributed by atoms with Crippen LogP contribution >= 0.6 is 0 Å². The van der Waals surface area contributed by atoms with Crippen molar-refractivity contribution in [3.05, 3.63) is 48.5 Å². The lowest BCUT2D eigenvalue weighted by Crippen LogP contribution is -2.10. The van der Waals surface area contributed by atoms with Crippen molar-refractivity contribution in [3.8, 4) is 28.8 Å². The minimum atomic E-state index is 0.0523. The zero-order chi connectivity index (χ0) is 16.6. The van der Waals surface area contributed by atoms with E-state index in [0.29, 0.717) is 0 Å². The van der Waals surface area contributed by atoms with E-state index >= 15 is 0 Å². The van der Waals surface area contributed by atoms with E-state index in [1.165, 1.54) is 6.42 Å². The zero-order valence-corrected chi connectivity index (χ0v) is 13.7. The fourth-order valence-corrected chi connectivity index (χ4v) is 3.34. The summed E-state index contributed by atoms with van der Waals surface area (Å²) in [4.78, 5) is 4.47. The number of aromatic nitrogens is 2. The van der Waals surface area contributed by atoms with E-state index in [4.69, 9.17) is 18.6 Å². The molecule has 2 aliphatic rings. The molecular weight excluding hydrogens is 320 g/mol. The first-order valence-electron chi connectivity index (χ1n) is 8.53. The van der Waals surface area contributed by atoms with E-state index < -0.39 is 0 Å². The largest absolute Gasteiger partial charge is 0.455 e. The molecule has 3 aromatic rings. The van der Waals surface area contributed by atoms with E-state index in [-0.39, 0.29) is 12.9 Å². The summed E-state index contributed by atoms with van der Waals surface area (Å²) in [6.45, 7) is 1.06. The molecule has 1 atom stereocenters. The Bertz CT molecular complexity index is 892. The lowest BCUT2D eigenvalue weighted by atomic mass is 10.1. The third-order valence-electron chi connectivity index (χ3n) is 4.62. The molecule has 0 N–H and O–H groups in total. The number of hydrogen-bond donors (Lipinski definition) is 0. The predicted molar refractivity (Wildman–Crippen MR) is 89.9 cm³/mol. The molecule has 6 heteroatoms. The first-order valence-corrected chi connectivity index (χ1v) is 8.53. The van der Waals surface area contributed by atoms with E-state index in [0.717, 1.165) is 54.0 Å². The second-order valence-corrected chi connectivity index (χ2v) is 6.22. The average molecular weight is 338 g/mol. The molecule has 6 nitrogen and oxygen atoms in total. The molecule has 2 aromatic heterocycles. The van der Waals surface area contributed by atoms with Gasteiger partial charge in [-0.15, -0.1) is 0 Å². The zero-order valence-electron chi connectivity index (χ0n) is 13.7. The van der Waals surface area contributed by atoms with Gasteiger partial charge in [0.1, 0.15) is 11.9 Å². The fraction of sp³-hybridized carbons (Fsp3) is 0.316. The number of rotatable bonds is 3. The lowest BCUT2D eigenvalue weighted by Gasteiger charge is -2.20. The summed E-state index contributed by atoms with van der Waals surface area (Å²) < 4.78 is 24.7. The van der Waals surface area contributed by atoms with Gasteiger partial charge in [-0.25, -0.2) is 4.98 Å².